The van der Waals surface area contributed by atoms with E-state index in [1.807, 2.05) is 19.9 Å². The van der Waals surface area contributed by atoms with Crippen LogP contribution in [0.4, 0.5) is 0 Å². The van der Waals surface area contributed by atoms with Crippen LogP contribution in [0.1, 0.15) is 83.4 Å². The van der Waals surface area contributed by atoms with E-state index in [1.165, 1.54) is 36.1 Å². The first kappa shape index (κ1) is 36.9. The number of ether oxygens (including phenoxy) is 4. The third-order valence-electron chi connectivity index (χ3n) is 8.34. The molecule has 3 unspecified atom stereocenters. The maximum absolute atomic E-state index is 13.4. The summed E-state index contributed by atoms with van der Waals surface area (Å²) < 4.78 is 20.7. The van der Waals surface area contributed by atoms with Gasteiger partial charge in [0, 0.05) is 5.41 Å². The van der Waals surface area contributed by atoms with Gasteiger partial charge in [-0.25, -0.2) is 9.59 Å². The molecule has 254 valence electrons. The van der Waals surface area contributed by atoms with Crippen molar-refractivity contribution in [2.24, 2.45) is 11.8 Å². The third-order valence-corrected chi connectivity index (χ3v) is 8.34. The van der Waals surface area contributed by atoms with Crippen molar-refractivity contribution in [1.82, 2.24) is 0 Å². The molecule has 3 rings (SSSR count). The van der Waals surface area contributed by atoms with Crippen LogP contribution < -0.4 is 0 Å². The summed E-state index contributed by atoms with van der Waals surface area (Å²) in [6, 6.07) is 14.8. The lowest BCUT2D eigenvalue weighted by Gasteiger charge is -2.25. The summed E-state index contributed by atoms with van der Waals surface area (Å²) in [7, 11) is 0. The minimum atomic E-state index is -0.755. The maximum Gasteiger partial charge on any atom is 0.334 e. The van der Waals surface area contributed by atoms with Crippen LogP contribution in [0, 0.1) is 11.8 Å². The van der Waals surface area contributed by atoms with Crippen molar-refractivity contribution < 1.29 is 48.3 Å². The van der Waals surface area contributed by atoms with Gasteiger partial charge in [-0.05, 0) is 66.8 Å². The van der Waals surface area contributed by atoms with Crippen molar-refractivity contribution >= 4 is 23.9 Å². The molecule has 2 aromatic rings. The number of hydrogen-bond acceptors (Lipinski definition) is 10. The number of rotatable bonds is 16. The molecule has 0 heterocycles. The minimum Gasteiger partial charge on any atom is -0.512 e. The summed E-state index contributed by atoms with van der Waals surface area (Å²) in [5.41, 5.74) is 5.78. The molecule has 10 nitrogen and oxygen atoms in total. The van der Waals surface area contributed by atoms with Gasteiger partial charge >= 0.3 is 23.9 Å². The number of allylic oxidation sites excluding steroid dienone is 2. The molecule has 0 radical (unpaired) electrons. The van der Waals surface area contributed by atoms with E-state index in [-0.39, 0.29) is 55.7 Å². The van der Waals surface area contributed by atoms with Crippen molar-refractivity contribution in [3.8, 4) is 11.1 Å². The first-order valence-corrected chi connectivity index (χ1v) is 15.9. The van der Waals surface area contributed by atoms with Crippen molar-refractivity contribution in [1.29, 1.82) is 0 Å². The summed E-state index contributed by atoms with van der Waals surface area (Å²) in [6.07, 6.45) is 2.80. The first-order chi connectivity index (χ1) is 22.2. The zero-order valence-corrected chi connectivity index (χ0v) is 28.0. The Kier molecular flexibility index (Phi) is 13.2. The van der Waals surface area contributed by atoms with Gasteiger partial charge in [0.25, 0.3) is 0 Å². The molecule has 47 heavy (non-hydrogen) atoms. The van der Waals surface area contributed by atoms with E-state index in [9.17, 15) is 24.3 Å². The summed E-state index contributed by atoms with van der Waals surface area (Å²) in [4.78, 5) is 49.7. The molecule has 3 atom stereocenters. The molecular formula is C37H46O10. The highest BCUT2D eigenvalue weighted by Crippen LogP contribution is 2.49. The Morgan fingerprint density at radius 1 is 0.723 bits per heavy atom. The Morgan fingerprint density at radius 2 is 1.23 bits per heavy atom. The van der Waals surface area contributed by atoms with E-state index in [4.69, 9.17) is 24.1 Å². The van der Waals surface area contributed by atoms with Gasteiger partial charge < -0.3 is 29.2 Å². The van der Waals surface area contributed by atoms with Gasteiger partial charge in [0.15, 0.2) is 0 Å². The summed E-state index contributed by atoms with van der Waals surface area (Å²) >= 11 is 0. The first-order valence-electron chi connectivity index (χ1n) is 15.9. The number of hydrogen-bond donors (Lipinski definition) is 2. The average Bonchev–Trinajstić information content (AvgIpc) is 3.24. The van der Waals surface area contributed by atoms with Crippen molar-refractivity contribution in [2.75, 3.05) is 26.4 Å². The highest BCUT2D eigenvalue weighted by molar-refractivity contribution is 5.83. The Labute approximate surface area is 276 Å². The fraction of sp³-hybridized carbons (Fsp3) is 0.459. The van der Waals surface area contributed by atoms with Gasteiger partial charge in [0.2, 0.25) is 0 Å². The second-order valence-electron chi connectivity index (χ2n) is 12.4. The average molecular weight is 651 g/mol. The number of aliphatic hydroxyl groups excluding tert-OH is 2. The summed E-state index contributed by atoms with van der Waals surface area (Å²) in [5, 5.41) is 18.4. The van der Waals surface area contributed by atoms with Crippen LogP contribution in [0.5, 0.6) is 0 Å². The molecule has 1 aliphatic carbocycles. The zero-order valence-electron chi connectivity index (χ0n) is 28.0. The van der Waals surface area contributed by atoms with Crippen LogP contribution >= 0.6 is 0 Å². The zero-order chi connectivity index (χ0) is 34.7. The van der Waals surface area contributed by atoms with Crippen molar-refractivity contribution in [3.63, 3.8) is 0 Å². The number of carbonyl (C=O) groups is 4. The van der Waals surface area contributed by atoms with Crippen molar-refractivity contribution in [3.05, 3.63) is 82.8 Å². The number of benzene rings is 2. The van der Waals surface area contributed by atoms with Crippen molar-refractivity contribution in [2.45, 2.75) is 72.1 Å². The van der Waals surface area contributed by atoms with Gasteiger partial charge in [0.05, 0.1) is 35.5 Å². The van der Waals surface area contributed by atoms with Crippen LogP contribution in [0.25, 0.3) is 11.1 Å². The van der Waals surface area contributed by atoms with Gasteiger partial charge in [0.1, 0.15) is 26.4 Å². The van der Waals surface area contributed by atoms with E-state index in [0.29, 0.717) is 12.8 Å². The summed E-state index contributed by atoms with van der Waals surface area (Å²) in [5.74, 6) is -4.33. The molecule has 0 fully saturated rings. The largest absolute Gasteiger partial charge is 0.512 e. The van der Waals surface area contributed by atoms with Crippen LogP contribution in [0.2, 0.25) is 0 Å². The predicted octanol–water partition coefficient (Wildman–Crippen LogP) is 6.62. The van der Waals surface area contributed by atoms with Crippen LogP contribution in [0.3, 0.4) is 0 Å². The lowest BCUT2D eigenvalue weighted by molar-refractivity contribution is -0.157. The van der Waals surface area contributed by atoms with Gasteiger partial charge in [-0.15, -0.1) is 0 Å². The van der Waals surface area contributed by atoms with E-state index in [2.05, 4.69) is 50.2 Å². The topological polar surface area (TPSA) is 146 Å². The highest BCUT2D eigenvalue weighted by atomic mass is 16.6. The molecule has 2 aromatic carbocycles. The van der Waals surface area contributed by atoms with E-state index in [0.717, 1.165) is 17.7 Å². The second kappa shape index (κ2) is 16.8. The molecule has 0 spiro atoms. The number of fused-ring (bicyclic) bond motifs is 3. The molecule has 0 saturated heterocycles. The predicted molar refractivity (Wildman–Crippen MR) is 176 cm³/mol. The fourth-order valence-electron chi connectivity index (χ4n) is 5.88. The molecule has 0 amide bonds. The standard InChI is InChI=1S/C37H46O10/c1-7-26(35(42)46-16-14-44-33(40)19-24(3)38)21-28(36(43)47-17-15-45-34(41)20-25(4)39)18-23(2)27-12-13-30-29-10-8-9-11-31(29)37(5,6)32(30)22-27/h8-13,19-20,22-23,26,28,38-39H,7,14-18,21H2,1-6H3. The van der Waals surface area contributed by atoms with Gasteiger partial charge in [-0.3, -0.25) is 9.59 Å². The number of esters is 4. The molecule has 10 heteroatoms. The molecule has 0 bridgehead atoms. The Hall–Kier alpha value is -4.60. The van der Waals surface area contributed by atoms with Crippen LogP contribution in [0.15, 0.2) is 66.1 Å². The smallest absolute Gasteiger partial charge is 0.334 e. The maximum atomic E-state index is 13.4. The van der Waals surface area contributed by atoms with E-state index < -0.39 is 35.7 Å². The Balaban J connectivity index is 1.72. The number of aliphatic hydroxyl groups is 2. The van der Waals surface area contributed by atoms with E-state index in [1.54, 1.807) is 0 Å². The molecular weight excluding hydrogens is 604 g/mol. The summed E-state index contributed by atoms with van der Waals surface area (Å²) in [6.45, 7) is 10.2. The molecule has 2 N–H and O–H groups in total. The Morgan fingerprint density at radius 3 is 1.79 bits per heavy atom. The lowest BCUT2D eigenvalue weighted by atomic mass is 9.79. The normalized spacial score (nSPS) is 15.4. The van der Waals surface area contributed by atoms with E-state index >= 15 is 0 Å². The highest BCUT2D eigenvalue weighted by Gasteiger charge is 2.36. The molecule has 0 saturated carbocycles. The Bertz CT molecular complexity index is 1490. The van der Waals surface area contributed by atoms with Crippen LogP contribution in [-0.4, -0.2) is 60.5 Å². The quantitative estimate of drug-likeness (QED) is 0.0669. The molecule has 1 aliphatic rings. The minimum absolute atomic E-state index is 0.0659. The second-order valence-corrected chi connectivity index (χ2v) is 12.4. The molecule has 0 aromatic heterocycles. The SMILES string of the molecule is CCC(CC(CC(C)c1ccc2c(c1)C(C)(C)c1ccccc1-2)C(=O)OCCOC(=O)C=C(C)O)C(=O)OCCOC(=O)C=C(C)O. The monoisotopic (exact) mass is 650 g/mol. The third kappa shape index (κ3) is 10.2. The van der Waals surface area contributed by atoms with Gasteiger partial charge in [-0.2, -0.15) is 0 Å². The van der Waals surface area contributed by atoms with Crippen LogP contribution in [-0.2, 0) is 43.5 Å². The fourth-order valence-corrected chi connectivity index (χ4v) is 5.88. The lowest BCUT2D eigenvalue weighted by Crippen LogP contribution is -2.28. The number of carbonyl (C=O) groups excluding carboxylic acids is 4. The van der Waals surface area contributed by atoms with Gasteiger partial charge in [-0.1, -0.05) is 70.2 Å². The molecule has 0 aliphatic heterocycles.